The van der Waals surface area contributed by atoms with Crippen LogP contribution in [0.1, 0.15) is 16.7 Å². The Morgan fingerprint density at radius 1 is 0.244 bits per heavy atom. The maximum atomic E-state index is 10.1. The van der Waals surface area contributed by atoms with Crippen LogP contribution in [0.5, 0.6) is 0 Å². The summed E-state index contributed by atoms with van der Waals surface area (Å²) in [5.41, 5.74) is 19.8. The summed E-state index contributed by atoms with van der Waals surface area (Å²) in [5.74, 6) is 1.36. The average molecular weight is 1100 g/mol. The van der Waals surface area contributed by atoms with Gasteiger partial charge in [0, 0.05) is 38.2 Å². The molecule has 0 spiro atoms. The van der Waals surface area contributed by atoms with Crippen LogP contribution >= 0.6 is 0 Å². The van der Waals surface area contributed by atoms with E-state index >= 15 is 0 Å². The van der Waals surface area contributed by atoms with Gasteiger partial charge in [-0.25, -0.2) is 15.0 Å². The third-order valence-corrected chi connectivity index (χ3v) is 16.4. The third kappa shape index (κ3) is 8.90. The van der Waals surface area contributed by atoms with E-state index in [2.05, 4.69) is 197 Å². The fourth-order valence-electron chi connectivity index (χ4n) is 12.1. The molecule has 0 saturated heterocycles. The highest BCUT2D eigenvalue weighted by Crippen LogP contribution is 2.43. The second-order valence-corrected chi connectivity index (χ2v) is 21.3. The number of benzene rings is 12. The molecule has 86 heavy (non-hydrogen) atoms. The van der Waals surface area contributed by atoms with E-state index in [1.54, 1.807) is 0 Å². The van der Waals surface area contributed by atoms with E-state index in [1.165, 1.54) is 0 Å². The molecule has 0 aliphatic rings. The van der Waals surface area contributed by atoms with Gasteiger partial charge in [-0.3, -0.25) is 0 Å². The van der Waals surface area contributed by atoms with Crippen molar-refractivity contribution in [3.63, 3.8) is 0 Å². The van der Waals surface area contributed by atoms with Gasteiger partial charge in [0.25, 0.3) is 0 Å². The van der Waals surface area contributed by atoms with Crippen molar-refractivity contribution in [2.75, 3.05) is 0 Å². The summed E-state index contributed by atoms with van der Waals surface area (Å²) in [5, 5.41) is 34.2. The van der Waals surface area contributed by atoms with Crippen LogP contribution in [-0.4, -0.2) is 24.1 Å². The fourth-order valence-corrected chi connectivity index (χ4v) is 12.1. The van der Waals surface area contributed by atoms with Gasteiger partial charge < -0.3 is 9.13 Å². The van der Waals surface area contributed by atoms with Crippen molar-refractivity contribution in [1.82, 2.24) is 24.1 Å². The van der Waals surface area contributed by atoms with Crippen LogP contribution in [0.25, 0.3) is 145 Å². The van der Waals surface area contributed by atoms with E-state index in [9.17, 15) is 15.8 Å². The molecule has 8 nitrogen and oxygen atoms in total. The van der Waals surface area contributed by atoms with Crippen LogP contribution in [0.3, 0.4) is 0 Å². The summed E-state index contributed by atoms with van der Waals surface area (Å²) < 4.78 is 4.65. The number of fused-ring (bicyclic) bond motifs is 6. The lowest BCUT2D eigenvalue weighted by Gasteiger charge is -2.18. The van der Waals surface area contributed by atoms with E-state index in [-0.39, 0.29) is 0 Å². The van der Waals surface area contributed by atoms with Gasteiger partial charge in [-0.2, -0.15) is 15.8 Å². The van der Waals surface area contributed by atoms with Crippen molar-refractivity contribution < 1.29 is 0 Å². The van der Waals surface area contributed by atoms with Gasteiger partial charge in [0.15, 0.2) is 17.5 Å². The minimum absolute atomic E-state index is 0.453. The van der Waals surface area contributed by atoms with E-state index in [1.807, 2.05) is 109 Å². The van der Waals surface area contributed by atoms with Gasteiger partial charge in [-0.1, -0.05) is 188 Å². The van der Waals surface area contributed by atoms with Crippen molar-refractivity contribution in [3.05, 3.63) is 296 Å². The van der Waals surface area contributed by atoms with Gasteiger partial charge in [0.2, 0.25) is 0 Å². The molecule has 0 fully saturated rings. The van der Waals surface area contributed by atoms with Crippen molar-refractivity contribution in [2.24, 2.45) is 0 Å². The Bertz CT molecular complexity index is 5010. The molecule has 12 aromatic carbocycles. The molecule has 15 rings (SSSR count). The highest BCUT2D eigenvalue weighted by molar-refractivity contribution is 6.12. The van der Waals surface area contributed by atoms with Crippen molar-refractivity contribution in [3.8, 4) is 119 Å². The normalized spacial score (nSPS) is 11.2. The largest absolute Gasteiger partial charge is 0.308 e. The van der Waals surface area contributed by atoms with E-state index in [0.717, 1.165) is 127 Å². The highest BCUT2D eigenvalue weighted by Gasteiger charge is 2.24. The molecule has 0 amide bonds. The molecule has 8 heteroatoms. The third-order valence-electron chi connectivity index (χ3n) is 16.4. The summed E-state index contributed by atoms with van der Waals surface area (Å²) in [6.07, 6.45) is 0. The minimum Gasteiger partial charge on any atom is -0.308 e. The van der Waals surface area contributed by atoms with Crippen molar-refractivity contribution >= 4 is 43.6 Å². The zero-order valence-electron chi connectivity index (χ0n) is 46.1. The Balaban J connectivity index is 1.01. The zero-order valence-corrected chi connectivity index (χ0v) is 46.1. The van der Waals surface area contributed by atoms with Crippen LogP contribution < -0.4 is 0 Å². The minimum atomic E-state index is 0.453. The van der Waals surface area contributed by atoms with E-state index in [4.69, 9.17) is 15.0 Å². The molecule has 0 N–H and O–H groups in total. The number of hydrogen-bond donors (Lipinski definition) is 0. The predicted molar refractivity (Wildman–Crippen MR) is 346 cm³/mol. The summed E-state index contributed by atoms with van der Waals surface area (Å²) in [4.78, 5) is 16.6. The lowest BCUT2D eigenvalue weighted by molar-refractivity contribution is 1.06. The van der Waals surface area contributed by atoms with Crippen molar-refractivity contribution in [1.29, 1.82) is 15.8 Å². The molecule has 0 bridgehead atoms. The van der Waals surface area contributed by atoms with Gasteiger partial charge in [0.05, 0.1) is 68.3 Å². The first kappa shape index (κ1) is 50.7. The number of aromatic nitrogens is 5. The van der Waals surface area contributed by atoms with Crippen LogP contribution in [0.15, 0.2) is 279 Å². The molecule has 0 atom stereocenters. The number of nitriles is 3. The van der Waals surface area contributed by atoms with E-state index < -0.39 is 0 Å². The zero-order chi connectivity index (χ0) is 57.7. The standard InChI is InChI=1S/C78H46N8/c79-47-50-23-27-54(28-24-50)60-35-39-66(74(45-60)85-70-21-11-9-19-64(70)68-43-58(37-41-72(68)85)52-13-3-1-4-14-52)77-82-76(57-33-31-56(32-34-57)63-18-8-7-17-62(63)49-81)83-78(84-77)67-40-36-61(55-29-25-51(48-80)26-30-55)46-75(67)86-71-22-12-10-20-65(71)69-44-59(38-42-73(69)86)53-15-5-2-6-16-53/h1-46H. The second kappa shape index (κ2) is 21.2. The SMILES string of the molecule is N#Cc1ccc(-c2ccc(-c3nc(-c4ccc(-c5ccccc5C#N)cc4)nc(-c4ccc(-c5ccc(C#N)cc5)cc4-n4c5ccccc5c5cc(-c6ccccc6)ccc54)n3)c(-n3c4ccccc4c4cc(-c5ccccc5)ccc43)c2)cc1. The molecule has 3 aromatic heterocycles. The Kier molecular flexibility index (Phi) is 12.5. The van der Waals surface area contributed by atoms with Gasteiger partial charge >= 0.3 is 0 Å². The summed E-state index contributed by atoms with van der Waals surface area (Å²) in [7, 11) is 0. The quantitative estimate of drug-likeness (QED) is 0.135. The lowest BCUT2D eigenvalue weighted by atomic mass is 9.99. The molecular formula is C78H46N8. The molecule has 0 aliphatic carbocycles. The number of para-hydroxylation sites is 2. The highest BCUT2D eigenvalue weighted by atomic mass is 15.1. The number of nitrogens with zero attached hydrogens (tertiary/aromatic N) is 8. The first-order valence-corrected chi connectivity index (χ1v) is 28.3. The monoisotopic (exact) mass is 1090 g/mol. The van der Waals surface area contributed by atoms with Crippen molar-refractivity contribution in [2.45, 2.75) is 0 Å². The Hall–Kier alpha value is -12.3. The van der Waals surface area contributed by atoms with Gasteiger partial charge in [0.1, 0.15) is 0 Å². The first-order chi connectivity index (χ1) is 42.5. The summed E-state index contributed by atoms with van der Waals surface area (Å²) in [6.45, 7) is 0. The first-order valence-electron chi connectivity index (χ1n) is 28.3. The smallest absolute Gasteiger partial charge is 0.166 e. The molecule has 3 heterocycles. The summed E-state index contributed by atoms with van der Waals surface area (Å²) >= 11 is 0. The number of rotatable bonds is 10. The van der Waals surface area contributed by atoms with Gasteiger partial charge in [-0.05, 0) is 147 Å². The van der Waals surface area contributed by atoms with Crippen LogP contribution in [0.4, 0.5) is 0 Å². The molecule has 0 unspecified atom stereocenters. The predicted octanol–water partition coefficient (Wildman–Crippen LogP) is 19.0. The topological polar surface area (TPSA) is 120 Å². The maximum absolute atomic E-state index is 10.1. The van der Waals surface area contributed by atoms with Crippen LogP contribution in [0, 0.1) is 34.0 Å². The molecule has 15 aromatic rings. The summed E-state index contributed by atoms with van der Waals surface area (Å²) in [6, 6.07) is 102. The van der Waals surface area contributed by atoms with E-state index in [0.29, 0.717) is 34.2 Å². The maximum Gasteiger partial charge on any atom is 0.166 e. The Morgan fingerprint density at radius 2 is 0.605 bits per heavy atom. The van der Waals surface area contributed by atoms with Gasteiger partial charge in [-0.15, -0.1) is 0 Å². The second-order valence-electron chi connectivity index (χ2n) is 21.3. The molecular weight excluding hydrogens is 1050 g/mol. The number of hydrogen-bond acceptors (Lipinski definition) is 6. The Morgan fingerprint density at radius 3 is 1.08 bits per heavy atom. The lowest BCUT2D eigenvalue weighted by Crippen LogP contribution is -2.06. The molecule has 0 saturated carbocycles. The molecule has 0 aliphatic heterocycles. The Labute approximate surface area is 495 Å². The van der Waals surface area contributed by atoms with Crippen LogP contribution in [-0.2, 0) is 0 Å². The van der Waals surface area contributed by atoms with Crippen LogP contribution in [0.2, 0.25) is 0 Å². The molecule has 398 valence electrons. The fraction of sp³-hybridized carbons (Fsp3) is 0. The average Bonchev–Trinajstić information content (AvgIpc) is 1.65. The molecule has 0 radical (unpaired) electrons.